The summed E-state index contributed by atoms with van der Waals surface area (Å²) in [5.74, 6) is 0. The molecule has 0 aromatic carbocycles. The second kappa shape index (κ2) is 6.76. The van der Waals surface area contributed by atoms with Crippen LogP contribution in [0.2, 0.25) is 0 Å². The van der Waals surface area contributed by atoms with Gasteiger partial charge in [0.1, 0.15) is 0 Å². The van der Waals surface area contributed by atoms with Gasteiger partial charge in [-0.05, 0) is 39.5 Å². The van der Waals surface area contributed by atoms with Crippen LogP contribution in [0.1, 0.15) is 71.6 Å². The third kappa shape index (κ3) is 3.20. The van der Waals surface area contributed by atoms with Crippen LogP contribution < -0.4 is 5.73 Å². The van der Waals surface area contributed by atoms with Crippen molar-refractivity contribution in [2.24, 2.45) is 11.1 Å². The number of aliphatic hydroxyl groups is 1. The predicted octanol–water partition coefficient (Wildman–Crippen LogP) is 2.91. The molecule has 1 heterocycles. The van der Waals surface area contributed by atoms with Gasteiger partial charge in [-0.2, -0.15) is 0 Å². The quantitative estimate of drug-likeness (QED) is 0.837. The van der Waals surface area contributed by atoms with E-state index in [4.69, 9.17) is 5.73 Å². The van der Waals surface area contributed by atoms with Crippen LogP contribution in [-0.2, 0) is 0 Å². The van der Waals surface area contributed by atoms with Crippen LogP contribution in [0.4, 0.5) is 0 Å². The van der Waals surface area contributed by atoms with Gasteiger partial charge in [0.05, 0.1) is 5.60 Å². The summed E-state index contributed by atoms with van der Waals surface area (Å²) in [7, 11) is 0. The van der Waals surface area contributed by atoms with Crippen LogP contribution in [0.25, 0.3) is 0 Å². The Bertz CT molecular complexity index is 287. The SMILES string of the molecule is CC(C)N1CCC(O)(C2(CN)CCCCCCC2)CC1. The molecule has 1 saturated heterocycles. The molecule has 2 rings (SSSR count). The van der Waals surface area contributed by atoms with Crippen molar-refractivity contribution in [2.45, 2.75) is 83.3 Å². The maximum absolute atomic E-state index is 11.4. The number of likely N-dealkylation sites (tertiary alicyclic amines) is 1. The predicted molar refractivity (Wildman–Crippen MR) is 84.7 cm³/mol. The van der Waals surface area contributed by atoms with Gasteiger partial charge in [-0.3, -0.25) is 0 Å². The van der Waals surface area contributed by atoms with E-state index >= 15 is 0 Å². The molecule has 0 spiro atoms. The topological polar surface area (TPSA) is 49.5 Å². The van der Waals surface area contributed by atoms with Crippen molar-refractivity contribution in [3.8, 4) is 0 Å². The Kier molecular flexibility index (Phi) is 5.49. The summed E-state index contributed by atoms with van der Waals surface area (Å²) in [6.45, 7) is 7.20. The minimum Gasteiger partial charge on any atom is -0.389 e. The summed E-state index contributed by atoms with van der Waals surface area (Å²) in [6.07, 6.45) is 10.5. The molecule has 1 aliphatic carbocycles. The molecule has 1 saturated carbocycles. The molecule has 2 fully saturated rings. The van der Waals surface area contributed by atoms with Crippen molar-refractivity contribution < 1.29 is 5.11 Å². The van der Waals surface area contributed by atoms with Gasteiger partial charge >= 0.3 is 0 Å². The first kappa shape index (κ1) is 16.3. The Morgan fingerprint density at radius 2 is 1.45 bits per heavy atom. The fraction of sp³-hybridized carbons (Fsp3) is 1.00. The minimum atomic E-state index is -0.523. The highest BCUT2D eigenvalue weighted by Crippen LogP contribution is 2.47. The molecule has 3 heteroatoms. The van der Waals surface area contributed by atoms with E-state index in [0.29, 0.717) is 12.6 Å². The summed E-state index contributed by atoms with van der Waals surface area (Å²) in [6, 6.07) is 0.589. The van der Waals surface area contributed by atoms with E-state index in [-0.39, 0.29) is 5.41 Å². The van der Waals surface area contributed by atoms with E-state index in [9.17, 15) is 5.11 Å². The lowest BCUT2D eigenvalue weighted by Gasteiger charge is -2.52. The second-order valence-electron chi connectivity index (χ2n) is 7.41. The molecule has 118 valence electrons. The summed E-state index contributed by atoms with van der Waals surface area (Å²) < 4.78 is 0. The van der Waals surface area contributed by atoms with Crippen LogP contribution in [0.5, 0.6) is 0 Å². The number of rotatable bonds is 3. The lowest BCUT2D eigenvalue weighted by atomic mass is 9.61. The van der Waals surface area contributed by atoms with Gasteiger partial charge in [0, 0.05) is 31.1 Å². The normalized spacial score (nSPS) is 28.1. The first-order valence-corrected chi connectivity index (χ1v) is 8.69. The first-order valence-electron chi connectivity index (χ1n) is 8.69. The van der Waals surface area contributed by atoms with Gasteiger partial charge in [-0.25, -0.2) is 0 Å². The van der Waals surface area contributed by atoms with Gasteiger partial charge in [0.2, 0.25) is 0 Å². The molecule has 0 unspecified atom stereocenters. The van der Waals surface area contributed by atoms with E-state index in [2.05, 4.69) is 18.7 Å². The average molecular weight is 282 g/mol. The maximum Gasteiger partial charge on any atom is 0.0740 e. The Morgan fingerprint density at radius 3 is 1.90 bits per heavy atom. The second-order valence-corrected chi connectivity index (χ2v) is 7.41. The monoisotopic (exact) mass is 282 g/mol. The fourth-order valence-electron chi connectivity index (χ4n) is 4.38. The largest absolute Gasteiger partial charge is 0.389 e. The summed E-state index contributed by atoms with van der Waals surface area (Å²) in [4.78, 5) is 2.49. The highest BCUT2D eigenvalue weighted by Gasteiger charge is 2.49. The molecular formula is C17H34N2O. The molecule has 0 radical (unpaired) electrons. The highest BCUT2D eigenvalue weighted by atomic mass is 16.3. The molecule has 2 aliphatic rings. The molecular weight excluding hydrogens is 248 g/mol. The summed E-state index contributed by atoms with van der Waals surface area (Å²) in [5.41, 5.74) is 5.65. The third-order valence-electron chi connectivity index (χ3n) is 6.04. The first-order chi connectivity index (χ1) is 9.53. The Balaban J connectivity index is 2.08. The van der Waals surface area contributed by atoms with Crippen LogP contribution in [-0.4, -0.2) is 41.3 Å². The molecule has 0 aromatic rings. The van der Waals surface area contributed by atoms with Crippen molar-refractivity contribution in [1.29, 1.82) is 0 Å². The highest BCUT2D eigenvalue weighted by molar-refractivity contribution is 5.02. The smallest absolute Gasteiger partial charge is 0.0740 e. The number of nitrogens with two attached hydrogens (primary N) is 1. The molecule has 3 N–H and O–H groups in total. The van der Waals surface area contributed by atoms with E-state index in [1.54, 1.807) is 0 Å². The average Bonchev–Trinajstić information content (AvgIpc) is 2.39. The number of nitrogens with zero attached hydrogens (tertiary/aromatic N) is 1. The Hall–Kier alpha value is -0.120. The zero-order valence-electron chi connectivity index (χ0n) is 13.5. The molecule has 0 aromatic heterocycles. The lowest BCUT2D eigenvalue weighted by Crippen LogP contribution is -2.58. The van der Waals surface area contributed by atoms with Crippen LogP contribution in [0, 0.1) is 5.41 Å². The van der Waals surface area contributed by atoms with Crippen LogP contribution >= 0.6 is 0 Å². The van der Waals surface area contributed by atoms with Gasteiger partial charge in [-0.15, -0.1) is 0 Å². The molecule has 20 heavy (non-hydrogen) atoms. The Morgan fingerprint density at radius 1 is 0.950 bits per heavy atom. The van der Waals surface area contributed by atoms with E-state index in [1.165, 1.54) is 32.1 Å². The van der Waals surface area contributed by atoms with Gasteiger partial charge in [0.25, 0.3) is 0 Å². The van der Waals surface area contributed by atoms with Crippen LogP contribution in [0.3, 0.4) is 0 Å². The lowest BCUT2D eigenvalue weighted by molar-refractivity contribution is -0.130. The van der Waals surface area contributed by atoms with E-state index in [0.717, 1.165) is 38.8 Å². The van der Waals surface area contributed by atoms with Crippen LogP contribution in [0.15, 0.2) is 0 Å². The van der Waals surface area contributed by atoms with Gasteiger partial charge in [0.15, 0.2) is 0 Å². The number of hydrogen-bond donors (Lipinski definition) is 2. The third-order valence-corrected chi connectivity index (χ3v) is 6.04. The minimum absolute atomic E-state index is 0.0174. The van der Waals surface area contributed by atoms with Crippen molar-refractivity contribution >= 4 is 0 Å². The number of piperidine rings is 1. The van der Waals surface area contributed by atoms with E-state index in [1.807, 2.05) is 0 Å². The summed E-state index contributed by atoms with van der Waals surface area (Å²) in [5, 5.41) is 11.4. The molecule has 0 atom stereocenters. The molecule has 0 bridgehead atoms. The van der Waals surface area contributed by atoms with E-state index < -0.39 is 5.60 Å². The molecule has 1 aliphatic heterocycles. The van der Waals surface area contributed by atoms with Crippen molar-refractivity contribution in [1.82, 2.24) is 4.90 Å². The maximum atomic E-state index is 11.4. The zero-order chi connectivity index (χ0) is 14.6. The van der Waals surface area contributed by atoms with Crippen molar-refractivity contribution in [3.05, 3.63) is 0 Å². The summed E-state index contributed by atoms with van der Waals surface area (Å²) >= 11 is 0. The van der Waals surface area contributed by atoms with Gasteiger partial charge in [-0.1, -0.05) is 32.1 Å². The fourth-order valence-corrected chi connectivity index (χ4v) is 4.38. The molecule has 3 nitrogen and oxygen atoms in total. The standard InChI is InChI=1S/C17H34N2O/c1-15(2)19-12-10-17(20,11-13-19)16(14-18)8-6-4-3-5-7-9-16/h15,20H,3-14,18H2,1-2H3. The van der Waals surface area contributed by atoms with Crippen molar-refractivity contribution in [3.63, 3.8) is 0 Å². The molecule has 0 amide bonds. The number of hydrogen-bond acceptors (Lipinski definition) is 3. The zero-order valence-corrected chi connectivity index (χ0v) is 13.5. The van der Waals surface area contributed by atoms with Gasteiger partial charge < -0.3 is 15.7 Å². The van der Waals surface area contributed by atoms with Crippen molar-refractivity contribution in [2.75, 3.05) is 19.6 Å². The Labute approximate surface area is 124 Å².